The number of aryl methyl sites for hydroxylation is 1. The van der Waals surface area contributed by atoms with Gasteiger partial charge in [0.1, 0.15) is 0 Å². The lowest BCUT2D eigenvalue weighted by Crippen LogP contribution is -2.54. The first-order chi connectivity index (χ1) is 14.6. The van der Waals surface area contributed by atoms with E-state index in [1.165, 1.54) is 24.8 Å². The molecular weight excluding hydrogens is 380 g/mol. The maximum atomic E-state index is 13.1. The van der Waals surface area contributed by atoms with Crippen LogP contribution in [0.2, 0.25) is 0 Å². The van der Waals surface area contributed by atoms with E-state index in [2.05, 4.69) is 22.6 Å². The minimum Gasteiger partial charge on any atom is -0.351 e. The van der Waals surface area contributed by atoms with Gasteiger partial charge < -0.3 is 19.6 Å². The Labute approximate surface area is 177 Å². The van der Waals surface area contributed by atoms with E-state index >= 15 is 0 Å². The SMILES string of the molecule is Cc1cc(C(=O)N2CCN(C(=O)NC(c3ccccc3)C3CCCCC3)CC2)on1. The number of rotatable bonds is 4. The number of carbonyl (C=O) groups excluding carboxylic acids is 2. The van der Waals surface area contributed by atoms with Crippen LogP contribution in [0, 0.1) is 12.8 Å². The molecule has 0 spiro atoms. The van der Waals surface area contributed by atoms with Crippen LogP contribution in [-0.4, -0.2) is 53.1 Å². The van der Waals surface area contributed by atoms with E-state index in [-0.39, 0.29) is 23.7 Å². The van der Waals surface area contributed by atoms with E-state index < -0.39 is 0 Å². The molecular formula is C23H30N4O3. The van der Waals surface area contributed by atoms with Gasteiger partial charge in [-0.3, -0.25) is 4.79 Å². The second-order valence-electron chi connectivity index (χ2n) is 8.35. The molecule has 30 heavy (non-hydrogen) atoms. The Hall–Kier alpha value is -2.83. The van der Waals surface area contributed by atoms with Gasteiger partial charge in [0.2, 0.25) is 5.76 Å². The van der Waals surface area contributed by atoms with Gasteiger partial charge >= 0.3 is 6.03 Å². The van der Waals surface area contributed by atoms with Crippen molar-refractivity contribution < 1.29 is 14.1 Å². The lowest BCUT2D eigenvalue weighted by atomic mass is 9.81. The Morgan fingerprint density at radius 3 is 2.33 bits per heavy atom. The first kappa shape index (κ1) is 20.4. The monoisotopic (exact) mass is 410 g/mol. The predicted octanol–water partition coefficient (Wildman–Crippen LogP) is 3.77. The van der Waals surface area contributed by atoms with E-state index in [4.69, 9.17) is 4.52 Å². The van der Waals surface area contributed by atoms with Crippen LogP contribution in [0.1, 0.15) is 60.0 Å². The smallest absolute Gasteiger partial charge is 0.318 e. The number of piperazine rings is 1. The fourth-order valence-corrected chi connectivity index (χ4v) is 4.56. The highest BCUT2D eigenvalue weighted by atomic mass is 16.5. The van der Waals surface area contributed by atoms with Crippen molar-refractivity contribution in [2.24, 2.45) is 5.92 Å². The Balaban J connectivity index is 1.37. The molecule has 1 saturated carbocycles. The number of nitrogens with zero attached hydrogens (tertiary/aromatic N) is 3. The van der Waals surface area contributed by atoms with Crippen molar-refractivity contribution in [3.8, 4) is 0 Å². The molecule has 1 aliphatic heterocycles. The van der Waals surface area contributed by atoms with Gasteiger partial charge in [0.25, 0.3) is 5.91 Å². The summed E-state index contributed by atoms with van der Waals surface area (Å²) in [6.07, 6.45) is 6.04. The molecule has 1 aromatic carbocycles. The highest BCUT2D eigenvalue weighted by Gasteiger charge is 2.31. The number of benzene rings is 1. The minimum atomic E-state index is -0.167. The number of hydrogen-bond acceptors (Lipinski definition) is 4. The Morgan fingerprint density at radius 1 is 1.03 bits per heavy atom. The van der Waals surface area contributed by atoms with Gasteiger partial charge in [-0.05, 0) is 31.2 Å². The zero-order valence-corrected chi connectivity index (χ0v) is 17.5. The Kier molecular flexibility index (Phi) is 6.35. The van der Waals surface area contributed by atoms with Gasteiger partial charge in [0, 0.05) is 32.2 Å². The first-order valence-corrected chi connectivity index (χ1v) is 10.9. The average molecular weight is 411 g/mol. The van der Waals surface area contributed by atoms with Crippen molar-refractivity contribution in [2.75, 3.05) is 26.2 Å². The predicted molar refractivity (Wildman–Crippen MR) is 113 cm³/mol. The molecule has 0 bridgehead atoms. The van der Waals surface area contributed by atoms with E-state index in [0.29, 0.717) is 37.8 Å². The summed E-state index contributed by atoms with van der Waals surface area (Å²) >= 11 is 0. The number of urea groups is 1. The van der Waals surface area contributed by atoms with E-state index in [1.807, 2.05) is 23.1 Å². The lowest BCUT2D eigenvalue weighted by Gasteiger charge is -2.37. The molecule has 2 heterocycles. The summed E-state index contributed by atoms with van der Waals surface area (Å²) < 4.78 is 5.09. The third kappa shape index (κ3) is 4.66. The summed E-state index contributed by atoms with van der Waals surface area (Å²) in [6, 6.07) is 11.9. The third-order valence-electron chi connectivity index (χ3n) is 6.25. The van der Waals surface area contributed by atoms with Gasteiger partial charge in [-0.25, -0.2) is 4.79 Å². The number of aromatic nitrogens is 1. The molecule has 160 valence electrons. The molecule has 4 rings (SSSR count). The van der Waals surface area contributed by atoms with Crippen LogP contribution < -0.4 is 5.32 Å². The molecule has 7 nitrogen and oxygen atoms in total. The van der Waals surface area contributed by atoms with Gasteiger partial charge in [0.15, 0.2) is 0 Å². The van der Waals surface area contributed by atoms with Crippen LogP contribution in [0.5, 0.6) is 0 Å². The summed E-state index contributed by atoms with van der Waals surface area (Å²) in [6.45, 7) is 3.79. The largest absolute Gasteiger partial charge is 0.351 e. The van der Waals surface area contributed by atoms with Crippen LogP contribution in [0.15, 0.2) is 40.9 Å². The van der Waals surface area contributed by atoms with Crippen molar-refractivity contribution in [1.29, 1.82) is 0 Å². The molecule has 0 radical (unpaired) electrons. The van der Waals surface area contributed by atoms with E-state index in [0.717, 1.165) is 12.8 Å². The summed E-state index contributed by atoms with van der Waals surface area (Å²) in [5.74, 6) is 0.564. The van der Waals surface area contributed by atoms with Gasteiger partial charge in [-0.2, -0.15) is 0 Å². The third-order valence-corrected chi connectivity index (χ3v) is 6.25. The van der Waals surface area contributed by atoms with Crippen LogP contribution in [0.25, 0.3) is 0 Å². The quantitative estimate of drug-likeness (QED) is 0.832. The summed E-state index contributed by atoms with van der Waals surface area (Å²) in [7, 11) is 0. The van der Waals surface area contributed by atoms with Crippen molar-refractivity contribution >= 4 is 11.9 Å². The highest BCUT2D eigenvalue weighted by molar-refractivity contribution is 5.91. The minimum absolute atomic E-state index is 0.0378. The number of nitrogens with one attached hydrogen (secondary N) is 1. The van der Waals surface area contributed by atoms with Gasteiger partial charge in [-0.1, -0.05) is 54.8 Å². The number of amides is 3. The summed E-state index contributed by atoms with van der Waals surface area (Å²) in [5, 5.41) is 7.09. The molecule has 1 aliphatic carbocycles. The summed E-state index contributed by atoms with van der Waals surface area (Å²) in [4.78, 5) is 29.1. The molecule has 1 atom stereocenters. The first-order valence-electron chi connectivity index (χ1n) is 10.9. The van der Waals surface area contributed by atoms with E-state index in [1.54, 1.807) is 17.9 Å². The molecule has 2 aliphatic rings. The molecule has 3 amide bonds. The van der Waals surface area contributed by atoms with Crippen LogP contribution in [0.3, 0.4) is 0 Å². The van der Waals surface area contributed by atoms with Gasteiger partial charge in [0.05, 0.1) is 11.7 Å². The second-order valence-corrected chi connectivity index (χ2v) is 8.35. The molecule has 7 heteroatoms. The maximum Gasteiger partial charge on any atom is 0.318 e. The number of carbonyl (C=O) groups is 2. The Morgan fingerprint density at radius 2 is 1.70 bits per heavy atom. The van der Waals surface area contributed by atoms with Crippen LogP contribution in [0.4, 0.5) is 4.79 Å². The molecule has 2 fully saturated rings. The topological polar surface area (TPSA) is 78.7 Å². The molecule has 1 aromatic heterocycles. The van der Waals surface area contributed by atoms with Gasteiger partial charge in [-0.15, -0.1) is 0 Å². The van der Waals surface area contributed by atoms with Crippen molar-refractivity contribution in [1.82, 2.24) is 20.3 Å². The maximum absolute atomic E-state index is 13.1. The molecule has 1 saturated heterocycles. The zero-order valence-electron chi connectivity index (χ0n) is 17.5. The standard InChI is InChI=1S/C23H30N4O3/c1-17-16-20(30-25-17)22(28)26-12-14-27(15-13-26)23(29)24-21(18-8-4-2-5-9-18)19-10-6-3-7-11-19/h2,4-5,8-9,16,19,21H,3,6-7,10-15H2,1H3,(H,24,29). The fourth-order valence-electron chi connectivity index (χ4n) is 4.56. The fraction of sp³-hybridized carbons (Fsp3) is 0.522. The molecule has 1 N–H and O–H groups in total. The molecule has 1 unspecified atom stereocenters. The summed E-state index contributed by atoms with van der Waals surface area (Å²) in [5.41, 5.74) is 1.86. The molecule has 2 aromatic rings. The van der Waals surface area contributed by atoms with Crippen molar-refractivity contribution in [3.05, 3.63) is 53.4 Å². The zero-order chi connectivity index (χ0) is 20.9. The van der Waals surface area contributed by atoms with Crippen molar-refractivity contribution in [2.45, 2.75) is 45.1 Å². The average Bonchev–Trinajstić information content (AvgIpc) is 3.24. The highest BCUT2D eigenvalue weighted by Crippen LogP contribution is 2.34. The Bertz CT molecular complexity index is 852. The number of hydrogen-bond donors (Lipinski definition) is 1. The van der Waals surface area contributed by atoms with Crippen molar-refractivity contribution in [3.63, 3.8) is 0 Å². The van der Waals surface area contributed by atoms with E-state index in [9.17, 15) is 9.59 Å². The van der Waals surface area contributed by atoms with Crippen LogP contribution >= 0.6 is 0 Å². The van der Waals surface area contributed by atoms with Crippen LogP contribution in [-0.2, 0) is 0 Å². The second kappa shape index (κ2) is 9.32. The lowest BCUT2D eigenvalue weighted by molar-refractivity contribution is 0.0621. The normalized spacial score (nSPS) is 18.8.